The first-order chi connectivity index (χ1) is 10.3. The van der Waals surface area contributed by atoms with Gasteiger partial charge >= 0.3 is 0 Å². The average molecular weight is 337 g/mol. The number of hydrogen-bond acceptors (Lipinski definition) is 5. The molecule has 0 unspecified atom stereocenters. The van der Waals surface area contributed by atoms with Crippen molar-refractivity contribution in [3.8, 4) is 0 Å². The van der Waals surface area contributed by atoms with Gasteiger partial charge in [-0.2, -0.15) is 0 Å². The Kier molecular flexibility index (Phi) is 4.77. The second kappa shape index (κ2) is 6.41. The summed E-state index contributed by atoms with van der Waals surface area (Å²) in [4.78, 5) is 24.1. The molecule has 0 aliphatic carbocycles. The van der Waals surface area contributed by atoms with Crippen molar-refractivity contribution in [3.63, 3.8) is 0 Å². The molecular formula is C15H15NO4S2. The molecule has 22 heavy (non-hydrogen) atoms. The molecule has 2 rings (SSSR count). The van der Waals surface area contributed by atoms with Crippen LogP contribution in [-0.4, -0.2) is 25.5 Å². The maximum absolute atomic E-state index is 12.7. The molecule has 1 N–H and O–H groups in total. The summed E-state index contributed by atoms with van der Waals surface area (Å²) in [5.41, 5.74) is 0.902. The Morgan fingerprint density at radius 2 is 1.77 bits per heavy atom. The highest BCUT2D eigenvalue weighted by Crippen LogP contribution is 2.20. The first kappa shape index (κ1) is 16.4. The highest BCUT2D eigenvalue weighted by atomic mass is 32.2. The van der Waals surface area contributed by atoms with Crippen molar-refractivity contribution in [1.82, 2.24) is 5.32 Å². The van der Waals surface area contributed by atoms with Crippen LogP contribution in [0, 0.1) is 6.92 Å². The van der Waals surface area contributed by atoms with Crippen LogP contribution in [-0.2, 0) is 14.6 Å². The van der Waals surface area contributed by atoms with Crippen molar-refractivity contribution in [1.29, 1.82) is 0 Å². The van der Waals surface area contributed by atoms with Gasteiger partial charge in [-0.3, -0.25) is 9.59 Å². The Bertz CT molecular complexity index is 777. The third kappa shape index (κ3) is 3.42. The number of Topliss-reactive ketones (excluding diaryl/α,β-unsaturated/α-hetero) is 1. The lowest BCUT2D eigenvalue weighted by atomic mass is 10.2. The fourth-order valence-corrected chi connectivity index (χ4v) is 4.17. The van der Waals surface area contributed by atoms with Crippen LogP contribution in [0.3, 0.4) is 0 Å². The summed E-state index contributed by atoms with van der Waals surface area (Å²) < 4.78 is 25.4. The topological polar surface area (TPSA) is 80.3 Å². The smallest absolute Gasteiger partial charge is 0.218 e. The van der Waals surface area contributed by atoms with Crippen molar-refractivity contribution in [3.05, 3.63) is 52.2 Å². The molecule has 0 aliphatic heterocycles. The van der Waals surface area contributed by atoms with Gasteiger partial charge in [0.2, 0.25) is 26.9 Å². The molecule has 1 amide bonds. The number of benzene rings is 1. The van der Waals surface area contributed by atoms with Gasteiger partial charge in [0.15, 0.2) is 0 Å². The van der Waals surface area contributed by atoms with E-state index >= 15 is 0 Å². The number of carbonyl (C=O) groups is 2. The zero-order valence-electron chi connectivity index (χ0n) is 12.1. The molecule has 1 aromatic heterocycles. The summed E-state index contributed by atoms with van der Waals surface area (Å²) in [6.45, 7) is 3.01. The highest BCUT2D eigenvalue weighted by molar-refractivity contribution is 7.92. The summed E-state index contributed by atoms with van der Waals surface area (Å²) in [6.07, 6.45) is 0. The summed E-state index contributed by atoms with van der Waals surface area (Å²) in [5.74, 6) is -1.21. The van der Waals surface area contributed by atoms with Crippen molar-refractivity contribution < 1.29 is 18.0 Å². The van der Waals surface area contributed by atoms with Crippen molar-refractivity contribution in [2.75, 3.05) is 0 Å². The molecule has 0 bridgehead atoms. The van der Waals surface area contributed by atoms with Crippen LogP contribution in [0.25, 0.3) is 0 Å². The van der Waals surface area contributed by atoms with Crippen molar-refractivity contribution in [2.24, 2.45) is 0 Å². The number of amides is 1. The third-order valence-corrected chi connectivity index (χ3v) is 5.76. The Morgan fingerprint density at radius 1 is 1.14 bits per heavy atom. The van der Waals surface area contributed by atoms with Gasteiger partial charge in [0.1, 0.15) is 0 Å². The summed E-state index contributed by atoms with van der Waals surface area (Å²) >= 11 is 1.13. The lowest BCUT2D eigenvalue weighted by Crippen LogP contribution is -2.45. The zero-order chi connectivity index (χ0) is 16.3. The Labute approximate surface area is 132 Å². The van der Waals surface area contributed by atoms with Gasteiger partial charge in [0.25, 0.3) is 0 Å². The number of sulfone groups is 1. The van der Waals surface area contributed by atoms with Crippen molar-refractivity contribution in [2.45, 2.75) is 24.1 Å². The largest absolute Gasteiger partial charge is 0.333 e. The second-order valence-corrected chi connectivity index (χ2v) is 7.76. The van der Waals surface area contributed by atoms with Crippen LogP contribution < -0.4 is 5.32 Å². The fourth-order valence-electron chi connectivity index (χ4n) is 1.88. The zero-order valence-corrected chi connectivity index (χ0v) is 13.7. The van der Waals surface area contributed by atoms with E-state index < -0.39 is 26.9 Å². The normalized spacial score (nSPS) is 12.6. The predicted octanol–water partition coefficient (Wildman–Crippen LogP) is 2.18. The molecular weight excluding hydrogens is 322 g/mol. The molecule has 1 aromatic carbocycles. The van der Waals surface area contributed by atoms with Crippen LogP contribution in [0.5, 0.6) is 0 Å². The molecule has 1 atom stereocenters. The maximum Gasteiger partial charge on any atom is 0.218 e. The number of rotatable bonds is 5. The lowest BCUT2D eigenvalue weighted by molar-refractivity contribution is -0.119. The first-order valence-electron chi connectivity index (χ1n) is 6.48. The van der Waals surface area contributed by atoms with E-state index in [2.05, 4.69) is 5.32 Å². The molecule has 5 nitrogen and oxygen atoms in total. The molecule has 0 spiro atoms. The minimum Gasteiger partial charge on any atom is -0.333 e. The van der Waals surface area contributed by atoms with E-state index in [1.54, 1.807) is 23.6 Å². The molecule has 0 aliphatic rings. The predicted molar refractivity (Wildman–Crippen MR) is 84.6 cm³/mol. The van der Waals surface area contributed by atoms with Gasteiger partial charge < -0.3 is 5.32 Å². The van der Waals surface area contributed by atoms with Gasteiger partial charge in [-0.25, -0.2) is 8.42 Å². The van der Waals surface area contributed by atoms with Crippen LogP contribution in [0.4, 0.5) is 0 Å². The number of hydrogen-bond donors (Lipinski definition) is 1. The minimum absolute atomic E-state index is 0.00163. The second-order valence-electron chi connectivity index (χ2n) is 4.78. The standard InChI is InChI=1S/C15H15NO4S2/c1-10-5-7-12(8-6-10)22(19,20)15(16-11(2)17)14(18)13-4-3-9-21-13/h3-9,15H,1-2H3,(H,16,17)/t15-/m1/s1. The lowest BCUT2D eigenvalue weighted by Gasteiger charge is -2.17. The Hall–Kier alpha value is -1.99. The van der Waals surface area contributed by atoms with E-state index in [1.165, 1.54) is 25.1 Å². The highest BCUT2D eigenvalue weighted by Gasteiger charge is 2.35. The monoisotopic (exact) mass is 337 g/mol. The van der Waals surface area contributed by atoms with Gasteiger partial charge in [-0.1, -0.05) is 23.8 Å². The van der Waals surface area contributed by atoms with E-state index in [0.717, 1.165) is 16.9 Å². The molecule has 0 radical (unpaired) electrons. The fraction of sp³-hybridized carbons (Fsp3) is 0.200. The van der Waals surface area contributed by atoms with Crippen LogP contribution in [0.2, 0.25) is 0 Å². The summed E-state index contributed by atoms with van der Waals surface area (Å²) in [6, 6.07) is 9.34. The summed E-state index contributed by atoms with van der Waals surface area (Å²) in [5, 5.41) is 2.31. The third-order valence-electron chi connectivity index (χ3n) is 3.00. The van der Waals surface area contributed by atoms with Gasteiger partial charge in [-0.05, 0) is 30.5 Å². The summed E-state index contributed by atoms with van der Waals surface area (Å²) in [7, 11) is -4.01. The van der Waals surface area contributed by atoms with Crippen molar-refractivity contribution >= 4 is 32.9 Å². The van der Waals surface area contributed by atoms with Crippen LogP contribution >= 0.6 is 11.3 Å². The quantitative estimate of drug-likeness (QED) is 0.848. The Balaban J connectivity index is 2.46. The van der Waals surface area contributed by atoms with Gasteiger partial charge in [0.05, 0.1) is 9.77 Å². The number of thiophene rings is 1. The Morgan fingerprint density at radius 3 is 2.27 bits per heavy atom. The number of carbonyl (C=O) groups excluding carboxylic acids is 2. The number of nitrogens with one attached hydrogen (secondary N) is 1. The van der Waals surface area contributed by atoms with Crippen LogP contribution in [0.1, 0.15) is 22.2 Å². The SMILES string of the molecule is CC(=O)N[C@@H](C(=O)c1cccs1)S(=O)(=O)c1ccc(C)cc1. The number of ketones is 1. The maximum atomic E-state index is 12.7. The molecule has 116 valence electrons. The van der Waals surface area contributed by atoms with E-state index in [1.807, 2.05) is 6.92 Å². The van der Waals surface area contributed by atoms with E-state index in [4.69, 9.17) is 0 Å². The molecule has 0 saturated carbocycles. The molecule has 0 fully saturated rings. The molecule has 2 aromatic rings. The van der Waals surface area contributed by atoms with Crippen LogP contribution in [0.15, 0.2) is 46.7 Å². The first-order valence-corrected chi connectivity index (χ1v) is 8.90. The van der Waals surface area contributed by atoms with E-state index in [0.29, 0.717) is 0 Å². The van der Waals surface area contributed by atoms with Gasteiger partial charge in [0, 0.05) is 6.92 Å². The molecule has 1 heterocycles. The van der Waals surface area contributed by atoms with E-state index in [-0.39, 0.29) is 9.77 Å². The number of aryl methyl sites for hydroxylation is 1. The van der Waals surface area contributed by atoms with E-state index in [9.17, 15) is 18.0 Å². The molecule has 7 heteroatoms. The van der Waals surface area contributed by atoms with Gasteiger partial charge in [-0.15, -0.1) is 11.3 Å². The molecule has 0 saturated heterocycles. The minimum atomic E-state index is -4.01. The average Bonchev–Trinajstić information content (AvgIpc) is 2.98.